The molecule has 1 aromatic carbocycles. The lowest BCUT2D eigenvalue weighted by molar-refractivity contribution is -0.135. The summed E-state index contributed by atoms with van der Waals surface area (Å²) < 4.78 is 13.5. The first-order valence-electron chi connectivity index (χ1n) is 12.3. The van der Waals surface area contributed by atoms with E-state index in [9.17, 15) is 18.8 Å². The molecule has 9 heteroatoms. The number of amides is 3. The van der Waals surface area contributed by atoms with Crippen LogP contribution in [0.4, 0.5) is 4.39 Å². The van der Waals surface area contributed by atoms with Crippen LogP contribution in [-0.4, -0.2) is 83.8 Å². The predicted molar refractivity (Wildman–Crippen MR) is 134 cm³/mol. The standard InChI is InChI=1S/C26H33FN4O3S/c1-18(2)16-30(26(34)23-5-3-14-35-23)21-15-22(25(33)29-12-4-10-28-11-13-29)31(17-21)24(32)19-6-8-20(27)9-7-19/h3,5-9,14,18,21-22,28H,4,10-13,15-17H2,1-2H3. The van der Waals surface area contributed by atoms with E-state index in [1.165, 1.54) is 35.6 Å². The van der Waals surface area contributed by atoms with E-state index in [1.54, 1.807) is 4.90 Å². The Morgan fingerprint density at radius 2 is 1.91 bits per heavy atom. The van der Waals surface area contributed by atoms with E-state index in [4.69, 9.17) is 0 Å². The van der Waals surface area contributed by atoms with Crippen LogP contribution in [0.5, 0.6) is 0 Å². The van der Waals surface area contributed by atoms with Crippen LogP contribution in [0.25, 0.3) is 0 Å². The molecule has 2 unspecified atom stereocenters. The second-order valence-electron chi connectivity index (χ2n) is 9.63. The van der Waals surface area contributed by atoms with E-state index >= 15 is 0 Å². The van der Waals surface area contributed by atoms with Crippen molar-refractivity contribution in [2.24, 2.45) is 5.92 Å². The summed E-state index contributed by atoms with van der Waals surface area (Å²) in [6.45, 7) is 7.70. The van der Waals surface area contributed by atoms with Gasteiger partial charge in [-0.1, -0.05) is 19.9 Å². The third kappa shape index (κ3) is 5.90. The summed E-state index contributed by atoms with van der Waals surface area (Å²) in [4.78, 5) is 46.5. The zero-order valence-corrected chi connectivity index (χ0v) is 21.1. The molecule has 4 rings (SSSR count). The summed E-state index contributed by atoms with van der Waals surface area (Å²) in [6.07, 6.45) is 1.24. The van der Waals surface area contributed by atoms with E-state index in [2.05, 4.69) is 19.2 Å². The van der Waals surface area contributed by atoms with Crippen molar-refractivity contribution in [1.29, 1.82) is 0 Å². The molecule has 1 aromatic heterocycles. The fourth-order valence-corrected chi connectivity index (χ4v) is 5.55. The van der Waals surface area contributed by atoms with Gasteiger partial charge in [-0.05, 0) is 61.0 Å². The molecular formula is C26H33FN4O3S. The minimum absolute atomic E-state index is 0.0695. The number of halogens is 1. The van der Waals surface area contributed by atoms with Gasteiger partial charge >= 0.3 is 0 Å². The summed E-state index contributed by atoms with van der Waals surface area (Å²) in [5.41, 5.74) is 0.336. The van der Waals surface area contributed by atoms with Crippen molar-refractivity contribution in [1.82, 2.24) is 20.0 Å². The van der Waals surface area contributed by atoms with Crippen molar-refractivity contribution in [3.05, 3.63) is 58.0 Å². The maximum atomic E-state index is 13.7. The third-order valence-corrected chi connectivity index (χ3v) is 7.42. The van der Waals surface area contributed by atoms with Crippen LogP contribution in [0, 0.1) is 11.7 Å². The van der Waals surface area contributed by atoms with Gasteiger partial charge in [0.2, 0.25) is 5.91 Å². The van der Waals surface area contributed by atoms with Gasteiger partial charge < -0.3 is 20.0 Å². The number of nitrogens with zero attached hydrogens (tertiary/aromatic N) is 3. The molecular weight excluding hydrogens is 467 g/mol. The lowest BCUT2D eigenvalue weighted by atomic mass is 10.1. The maximum Gasteiger partial charge on any atom is 0.264 e. The molecule has 2 aromatic rings. The van der Waals surface area contributed by atoms with Crippen LogP contribution in [-0.2, 0) is 4.79 Å². The topological polar surface area (TPSA) is 73.0 Å². The number of benzene rings is 1. The fourth-order valence-electron chi connectivity index (χ4n) is 4.87. The first kappa shape index (κ1) is 25.3. The molecule has 2 aliphatic rings. The number of thiophene rings is 1. The zero-order chi connectivity index (χ0) is 24.9. The highest BCUT2D eigenvalue weighted by Gasteiger charge is 2.44. The van der Waals surface area contributed by atoms with Gasteiger partial charge in [0, 0.05) is 38.3 Å². The van der Waals surface area contributed by atoms with Crippen LogP contribution in [0.15, 0.2) is 41.8 Å². The Morgan fingerprint density at radius 1 is 1.14 bits per heavy atom. The third-order valence-electron chi connectivity index (χ3n) is 6.56. The van der Waals surface area contributed by atoms with Crippen molar-refractivity contribution in [3.63, 3.8) is 0 Å². The predicted octanol–water partition coefficient (Wildman–Crippen LogP) is 3.09. The summed E-state index contributed by atoms with van der Waals surface area (Å²) in [6, 6.07) is 8.12. The molecule has 0 saturated carbocycles. The van der Waals surface area contributed by atoms with Crippen molar-refractivity contribution in [2.45, 2.75) is 38.8 Å². The highest BCUT2D eigenvalue weighted by molar-refractivity contribution is 7.12. The van der Waals surface area contributed by atoms with E-state index in [1.807, 2.05) is 27.3 Å². The summed E-state index contributed by atoms with van der Waals surface area (Å²) in [7, 11) is 0. The molecule has 2 atom stereocenters. The quantitative estimate of drug-likeness (QED) is 0.662. The molecule has 2 saturated heterocycles. The van der Waals surface area contributed by atoms with Crippen molar-refractivity contribution in [2.75, 3.05) is 39.3 Å². The van der Waals surface area contributed by atoms with Crippen LogP contribution in [0.3, 0.4) is 0 Å². The molecule has 2 fully saturated rings. The Bertz CT molecular complexity index is 1020. The minimum atomic E-state index is -0.665. The van der Waals surface area contributed by atoms with Crippen LogP contribution in [0.2, 0.25) is 0 Å². The molecule has 3 amide bonds. The van der Waals surface area contributed by atoms with Crippen molar-refractivity contribution in [3.8, 4) is 0 Å². The molecule has 3 heterocycles. The summed E-state index contributed by atoms with van der Waals surface area (Å²) in [5.74, 6) is -0.659. The lowest BCUT2D eigenvalue weighted by Gasteiger charge is -2.30. The van der Waals surface area contributed by atoms with Crippen LogP contribution < -0.4 is 5.32 Å². The van der Waals surface area contributed by atoms with Gasteiger partial charge in [0.15, 0.2) is 0 Å². The van der Waals surface area contributed by atoms with E-state index < -0.39 is 11.9 Å². The number of nitrogens with one attached hydrogen (secondary N) is 1. The zero-order valence-electron chi connectivity index (χ0n) is 20.3. The van der Waals surface area contributed by atoms with Gasteiger partial charge in [-0.3, -0.25) is 14.4 Å². The van der Waals surface area contributed by atoms with E-state index in [-0.39, 0.29) is 36.2 Å². The largest absolute Gasteiger partial charge is 0.340 e. The van der Waals surface area contributed by atoms with Crippen LogP contribution in [0.1, 0.15) is 46.7 Å². The Kier molecular flexibility index (Phi) is 8.18. The average Bonchev–Trinajstić information content (AvgIpc) is 3.46. The highest BCUT2D eigenvalue weighted by atomic mass is 32.1. The Labute approximate surface area is 209 Å². The van der Waals surface area contributed by atoms with Gasteiger partial charge in [0.1, 0.15) is 11.9 Å². The number of carbonyl (C=O) groups is 3. The monoisotopic (exact) mass is 500 g/mol. The normalized spacial score (nSPS) is 20.7. The van der Waals surface area contributed by atoms with E-state index in [0.29, 0.717) is 43.0 Å². The van der Waals surface area contributed by atoms with Gasteiger partial charge in [-0.15, -0.1) is 11.3 Å². The van der Waals surface area contributed by atoms with Gasteiger partial charge in [0.25, 0.3) is 11.8 Å². The minimum Gasteiger partial charge on any atom is -0.340 e. The SMILES string of the molecule is CC(C)CN(C(=O)c1cccs1)C1CC(C(=O)N2CCCNCC2)N(C(=O)c2ccc(F)cc2)C1. The van der Waals surface area contributed by atoms with Crippen LogP contribution >= 0.6 is 11.3 Å². The number of likely N-dealkylation sites (tertiary alicyclic amines) is 1. The van der Waals surface area contributed by atoms with E-state index in [0.717, 1.165) is 13.0 Å². The van der Waals surface area contributed by atoms with Crippen molar-refractivity contribution < 1.29 is 18.8 Å². The smallest absolute Gasteiger partial charge is 0.264 e. The van der Waals surface area contributed by atoms with Gasteiger partial charge in [-0.2, -0.15) is 0 Å². The number of rotatable bonds is 6. The second kappa shape index (κ2) is 11.3. The number of hydrogen-bond donors (Lipinski definition) is 1. The molecule has 7 nitrogen and oxygen atoms in total. The molecule has 0 aliphatic carbocycles. The average molecular weight is 501 g/mol. The summed E-state index contributed by atoms with van der Waals surface area (Å²) >= 11 is 1.39. The lowest BCUT2D eigenvalue weighted by Crippen LogP contribution is -2.48. The second-order valence-corrected chi connectivity index (χ2v) is 10.6. The van der Waals surface area contributed by atoms with Gasteiger partial charge in [0.05, 0.1) is 10.9 Å². The fraction of sp³-hybridized carbons (Fsp3) is 0.500. The molecule has 0 bridgehead atoms. The molecule has 0 radical (unpaired) electrons. The molecule has 188 valence electrons. The molecule has 1 N–H and O–H groups in total. The van der Waals surface area contributed by atoms with Gasteiger partial charge in [-0.25, -0.2) is 4.39 Å². The van der Waals surface area contributed by atoms with Crippen molar-refractivity contribution >= 4 is 29.1 Å². The Morgan fingerprint density at radius 3 is 2.60 bits per heavy atom. The summed E-state index contributed by atoms with van der Waals surface area (Å²) in [5, 5.41) is 5.18. The molecule has 2 aliphatic heterocycles. The molecule has 35 heavy (non-hydrogen) atoms. The maximum absolute atomic E-state index is 13.7. The highest BCUT2D eigenvalue weighted by Crippen LogP contribution is 2.29. The number of carbonyl (C=O) groups excluding carboxylic acids is 3. The Hall–Kier alpha value is -2.78. The molecule has 0 spiro atoms. The first-order valence-corrected chi connectivity index (χ1v) is 13.1. The number of hydrogen-bond acceptors (Lipinski definition) is 5. The first-order chi connectivity index (χ1) is 16.8. The Balaban J connectivity index is 1.63.